The Balaban J connectivity index is 4.06. The highest BCUT2D eigenvalue weighted by Gasteiger charge is 2.27. The van der Waals surface area contributed by atoms with E-state index in [0.717, 1.165) is 12.8 Å². The third-order valence-corrected chi connectivity index (χ3v) is 1.83. The van der Waals surface area contributed by atoms with Gasteiger partial charge in [0.2, 0.25) is 0 Å². The second kappa shape index (κ2) is 6.44. The third kappa shape index (κ3) is 3.55. The fraction of sp³-hybridized carbons (Fsp3) is 0.900. The molecule has 0 heterocycles. The Morgan fingerprint density at radius 1 is 1.08 bits per heavy atom. The van der Waals surface area contributed by atoms with E-state index >= 15 is 0 Å². The average molecular weight is 173 g/mol. The van der Waals surface area contributed by atoms with Crippen molar-refractivity contribution < 1.29 is 9.47 Å². The molecule has 0 aliphatic rings. The van der Waals surface area contributed by atoms with Gasteiger partial charge >= 0.3 is 0 Å². The SMILES string of the molecule is [CH2]CC(CCC)(OCC)OCC. The minimum absolute atomic E-state index is 0.418. The molecule has 0 saturated heterocycles. The van der Waals surface area contributed by atoms with Crippen LogP contribution in [0.15, 0.2) is 0 Å². The topological polar surface area (TPSA) is 18.5 Å². The van der Waals surface area contributed by atoms with Gasteiger partial charge in [0.05, 0.1) is 0 Å². The monoisotopic (exact) mass is 173 g/mol. The molecule has 0 bridgehead atoms. The van der Waals surface area contributed by atoms with Crippen LogP contribution in [0.3, 0.4) is 0 Å². The normalized spacial score (nSPS) is 12.0. The number of ether oxygens (including phenoxy) is 2. The summed E-state index contributed by atoms with van der Waals surface area (Å²) in [5.41, 5.74) is 0. The maximum atomic E-state index is 5.57. The van der Waals surface area contributed by atoms with Crippen molar-refractivity contribution in [1.29, 1.82) is 0 Å². The summed E-state index contributed by atoms with van der Waals surface area (Å²) < 4.78 is 11.1. The first kappa shape index (κ1) is 11.9. The molecule has 0 fully saturated rings. The van der Waals surface area contributed by atoms with Crippen LogP contribution >= 0.6 is 0 Å². The molecule has 0 aromatic carbocycles. The van der Waals surface area contributed by atoms with Gasteiger partial charge in [0.15, 0.2) is 5.79 Å². The first-order chi connectivity index (χ1) is 5.74. The lowest BCUT2D eigenvalue weighted by molar-refractivity contribution is -0.235. The second-order valence-corrected chi connectivity index (χ2v) is 2.78. The lowest BCUT2D eigenvalue weighted by Gasteiger charge is -2.31. The molecule has 0 saturated carbocycles. The molecule has 0 aromatic rings. The third-order valence-electron chi connectivity index (χ3n) is 1.83. The Morgan fingerprint density at radius 3 is 1.83 bits per heavy atom. The predicted molar refractivity (Wildman–Crippen MR) is 50.9 cm³/mol. The molecule has 0 N–H and O–H groups in total. The van der Waals surface area contributed by atoms with E-state index in [9.17, 15) is 0 Å². The van der Waals surface area contributed by atoms with Crippen LogP contribution in [0, 0.1) is 6.92 Å². The molecule has 0 rings (SSSR count). The number of hydrogen-bond acceptors (Lipinski definition) is 2. The van der Waals surface area contributed by atoms with E-state index in [1.165, 1.54) is 0 Å². The lowest BCUT2D eigenvalue weighted by atomic mass is 10.1. The molecule has 2 nitrogen and oxygen atoms in total. The fourth-order valence-electron chi connectivity index (χ4n) is 1.36. The van der Waals surface area contributed by atoms with Gasteiger partial charge in [-0.05, 0) is 20.8 Å². The maximum Gasteiger partial charge on any atom is 0.168 e. The molecule has 0 spiro atoms. The summed E-state index contributed by atoms with van der Waals surface area (Å²) >= 11 is 0. The molecule has 0 aliphatic carbocycles. The first-order valence-corrected chi connectivity index (χ1v) is 4.81. The zero-order valence-corrected chi connectivity index (χ0v) is 8.56. The lowest BCUT2D eigenvalue weighted by Crippen LogP contribution is -2.35. The summed E-state index contributed by atoms with van der Waals surface area (Å²) in [6, 6.07) is 0. The van der Waals surface area contributed by atoms with Gasteiger partial charge in [-0.25, -0.2) is 0 Å². The molecule has 0 amide bonds. The fourth-order valence-corrected chi connectivity index (χ4v) is 1.36. The molecule has 1 radical (unpaired) electrons. The van der Waals surface area contributed by atoms with Crippen molar-refractivity contribution in [2.45, 2.75) is 45.8 Å². The van der Waals surface area contributed by atoms with Crippen molar-refractivity contribution in [3.8, 4) is 0 Å². The van der Waals surface area contributed by atoms with Crippen LogP contribution in [0.1, 0.15) is 40.0 Å². The van der Waals surface area contributed by atoms with Gasteiger partial charge < -0.3 is 9.47 Å². The van der Waals surface area contributed by atoms with Crippen molar-refractivity contribution in [3.05, 3.63) is 6.92 Å². The van der Waals surface area contributed by atoms with Gasteiger partial charge in [-0.2, -0.15) is 0 Å². The van der Waals surface area contributed by atoms with Gasteiger partial charge in [0, 0.05) is 26.1 Å². The van der Waals surface area contributed by atoms with Crippen LogP contribution in [0.4, 0.5) is 0 Å². The van der Waals surface area contributed by atoms with Crippen molar-refractivity contribution in [1.82, 2.24) is 0 Å². The number of hydrogen-bond donors (Lipinski definition) is 0. The van der Waals surface area contributed by atoms with E-state index in [0.29, 0.717) is 19.6 Å². The van der Waals surface area contributed by atoms with Crippen LogP contribution in [0.25, 0.3) is 0 Å². The van der Waals surface area contributed by atoms with Crippen LogP contribution < -0.4 is 0 Å². The highest BCUT2D eigenvalue weighted by molar-refractivity contribution is 4.70. The van der Waals surface area contributed by atoms with E-state index in [2.05, 4.69) is 13.8 Å². The van der Waals surface area contributed by atoms with Crippen LogP contribution in [0.5, 0.6) is 0 Å². The molecule has 73 valence electrons. The first-order valence-electron chi connectivity index (χ1n) is 4.81. The Kier molecular flexibility index (Phi) is 6.39. The zero-order valence-electron chi connectivity index (χ0n) is 8.56. The highest BCUT2D eigenvalue weighted by Crippen LogP contribution is 2.23. The second-order valence-electron chi connectivity index (χ2n) is 2.78. The Hall–Kier alpha value is -0.0800. The molecule has 2 heteroatoms. The largest absolute Gasteiger partial charge is 0.350 e. The van der Waals surface area contributed by atoms with Crippen molar-refractivity contribution in [2.75, 3.05) is 13.2 Å². The van der Waals surface area contributed by atoms with Crippen molar-refractivity contribution in [2.24, 2.45) is 0 Å². The van der Waals surface area contributed by atoms with Crippen molar-refractivity contribution >= 4 is 0 Å². The van der Waals surface area contributed by atoms with Gasteiger partial charge in [-0.1, -0.05) is 13.3 Å². The summed E-state index contributed by atoms with van der Waals surface area (Å²) in [5, 5.41) is 0. The minimum atomic E-state index is -0.418. The quantitative estimate of drug-likeness (QED) is 0.551. The minimum Gasteiger partial charge on any atom is -0.350 e. The van der Waals surface area contributed by atoms with Crippen LogP contribution in [0.2, 0.25) is 0 Å². The van der Waals surface area contributed by atoms with E-state index < -0.39 is 5.79 Å². The van der Waals surface area contributed by atoms with E-state index in [1.807, 2.05) is 13.8 Å². The number of rotatable bonds is 7. The average Bonchev–Trinajstić information content (AvgIpc) is 2.06. The van der Waals surface area contributed by atoms with Gasteiger partial charge in [0.1, 0.15) is 0 Å². The van der Waals surface area contributed by atoms with Crippen molar-refractivity contribution in [3.63, 3.8) is 0 Å². The van der Waals surface area contributed by atoms with Gasteiger partial charge in [-0.15, -0.1) is 0 Å². The molecular weight excluding hydrogens is 152 g/mol. The summed E-state index contributed by atoms with van der Waals surface area (Å²) in [7, 11) is 0. The highest BCUT2D eigenvalue weighted by atomic mass is 16.7. The molecule has 0 aromatic heterocycles. The smallest absolute Gasteiger partial charge is 0.168 e. The maximum absolute atomic E-state index is 5.57. The van der Waals surface area contributed by atoms with Crippen LogP contribution in [-0.2, 0) is 9.47 Å². The summed E-state index contributed by atoms with van der Waals surface area (Å²) in [6.07, 6.45) is 2.68. The standard InChI is InChI=1S/C10H21O2/c1-5-9-10(6-2,11-7-3)12-8-4/h2,5-9H2,1,3-4H3. The molecule has 12 heavy (non-hydrogen) atoms. The molecular formula is C10H21O2. The Bertz CT molecular complexity index is 85.0. The Morgan fingerprint density at radius 2 is 1.58 bits per heavy atom. The molecule has 0 aliphatic heterocycles. The zero-order chi connectivity index (χ0) is 9.45. The molecule has 0 unspecified atom stereocenters. The van der Waals surface area contributed by atoms with E-state index in [1.54, 1.807) is 0 Å². The predicted octanol–water partition coefficient (Wildman–Crippen LogP) is 2.78. The van der Waals surface area contributed by atoms with Gasteiger partial charge in [0.25, 0.3) is 0 Å². The van der Waals surface area contributed by atoms with E-state index in [-0.39, 0.29) is 0 Å². The summed E-state index contributed by atoms with van der Waals surface area (Å²) in [6.45, 7) is 11.3. The summed E-state index contributed by atoms with van der Waals surface area (Å²) in [4.78, 5) is 0. The molecule has 0 atom stereocenters. The summed E-state index contributed by atoms with van der Waals surface area (Å²) in [5.74, 6) is -0.418. The Labute approximate surface area is 76.3 Å². The van der Waals surface area contributed by atoms with Crippen LogP contribution in [-0.4, -0.2) is 19.0 Å². The van der Waals surface area contributed by atoms with E-state index in [4.69, 9.17) is 9.47 Å². The van der Waals surface area contributed by atoms with Gasteiger partial charge in [-0.3, -0.25) is 0 Å².